The van der Waals surface area contributed by atoms with Gasteiger partial charge in [-0.1, -0.05) is 55.5 Å². The second kappa shape index (κ2) is 11.9. The number of ketones is 1. The van der Waals surface area contributed by atoms with Gasteiger partial charge < -0.3 is 18.9 Å². The first-order valence-corrected chi connectivity index (χ1v) is 13.1. The number of fused-ring (bicyclic) bond motifs is 1. The molecule has 194 valence electrons. The van der Waals surface area contributed by atoms with Gasteiger partial charge in [0.25, 0.3) is 0 Å². The Morgan fingerprint density at radius 3 is 2.39 bits per heavy atom. The van der Waals surface area contributed by atoms with Crippen LogP contribution >= 0.6 is 0 Å². The molecule has 0 N–H and O–H groups in total. The molecule has 4 aromatic rings. The molecule has 38 heavy (non-hydrogen) atoms. The number of hydrogen-bond acceptors (Lipinski definition) is 4. The summed E-state index contributed by atoms with van der Waals surface area (Å²) in [5, 5.41) is 1.07. The molecule has 2 heterocycles. The second-order valence-corrected chi connectivity index (χ2v) is 9.23. The Morgan fingerprint density at radius 2 is 1.68 bits per heavy atom. The monoisotopic (exact) mass is 507 g/mol. The first kappa shape index (κ1) is 25.5. The van der Waals surface area contributed by atoms with Gasteiger partial charge in [-0.3, -0.25) is 4.79 Å². The summed E-state index contributed by atoms with van der Waals surface area (Å²) in [5.74, 6) is 2.55. The summed E-state index contributed by atoms with van der Waals surface area (Å²) in [4.78, 5) is 20.7. The minimum absolute atomic E-state index is 0.0635. The molecule has 1 aliphatic rings. The lowest BCUT2D eigenvalue weighted by atomic mass is 10.1. The van der Waals surface area contributed by atoms with Crippen molar-refractivity contribution >= 4 is 34.4 Å². The molecular formula is C32H33N3O3. The molecule has 0 spiro atoms. The van der Waals surface area contributed by atoms with E-state index in [1.54, 1.807) is 37.5 Å². The van der Waals surface area contributed by atoms with Crippen LogP contribution < -0.4 is 4.74 Å². The van der Waals surface area contributed by atoms with E-state index in [0.29, 0.717) is 25.3 Å². The zero-order valence-electron chi connectivity index (χ0n) is 22.0. The molecule has 1 fully saturated rings. The lowest BCUT2D eigenvalue weighted by Crippen LogP contribution is -2.40. The maximum atomic E-state index is 13.1. The number of amidine groups is 1. The van der Waals surface area contributed by atoms with Crippen LogP contribution in [0.25, 0.3) is 17.0 Å². The van der Waals surface area contributed by atoms with Gasteiger partial charge in [0, 0.05) is 42.6 Å². The van der Waals surface area contributed by atoms with Crippen LogP contribution in [0.1, 0.15) is 34.8 Å². The number of morpholine rings is 1. The molecule has 0 aliphatic carbocycles. The normalized spacial score (nSPS) is 14.4. The average Bonchev–Trinajstić information content (AvgIpc) is 3.27. The van der Waals surface area contributed by atoms with Crippen LogP contribution in [0.3, 0.4) is 0 Å². The van der Waals surface area contributed by atoms with Gasteiger partial charge in [-0.05, 0) is 48.0 Å². The van der Waals surface area contributed by atoms with E-state index in [4.69, 9.17) is 14.5 Å². The Balaban J connectivity index is 1.62. The molecule has 3 aromatic carbocycles. The summed E-state index contributed by atoms with van der Waals surface area (Å²) >= 11 is 0. The summed E-state index contributed by atoms with van der Waals surface area (Å²) in [6.07, 6.45) is 4.37. The van der Waals surface area contributed by atoms with Crippen molar-refractivity contribution in [2.75, 3.05) is 33.4 Å². The van der Waals surface area contributed by atoms with Gasteiger partial charge in [-0.25, -0.2) is 4.99 Å². The highest BCUT2D eigenvalue weighted by atomic mass is 16.5. The van der Waals surface area contributed by atoms with Crippen LogP contribution in [-0.2, 0) is 11.3 Å². The number of carbonyl (C=O) groups is 1. The predicted octanol–water partition coefficient (Wildman–Crippen LogP) is 6.37. The molecule has 1 aliphatic heterocycles. The number of hydrogen-bond donors (Lipinski definition) is 0. The van der Waals surface area contributed by atoms with E-state index < -0.39 is 0 Å². The summed E-state index contributed by atoms with van der Waals surface area (Å²) in [7, 11) is 1.62. The number of allylic oxidation sites excluding steroid dienone is 1. The van der Waals surface area contributed by atoms with E-state index in [0.717, 1.165) is 53.4 Å². The maximum Gasteiger partial charge on any atom is 0.185 e. The molecule has 0 bridgehead atoms. The molecule has 1 aromatic heterocycles. The molecule has 0 unspecified atom stereocenters. The number of methoxy groups -OCH3 is 1. The second-order valence-electron chi connectivity index (χ2n) is 9.23. The number of nitrogens with zero attached hydrogens (tertiary/aromatic N) is 3. The van der Waals surface area contributed by atoms with Crippen molar-refractivity contribution < 1.29 is 14.3 Å². The van der Waals surface area contributed by atoms with Gasteiger partial charge in [0.1, 0.15) is 17.4 Å². The molecule has 0 atom stereocenters. The quantitative estimate of drug-likeness (QED) is 0.120. The van der Waals surface area contributed by atoms with E-state index in [2.05, 4.69) is 58.9 Å². The van der Waals surface area contributed by atoms with Crippen LogP contribution in [0, 0.1) is 0 Å². The van der Waals surface area contributed by atoms with Gasteiger partial charge in [0.15, 0.2) is 5.78 Å². The molecule has 6 heteroatoms. The lowest BCUT2D eigenvalue weighted by molar-refractivity contribution is 0.0673. The molecule has 6 nitrogen and oxygen atoms in total. The SMILES string of the molecule is CC/C(=N\c1c(/C=C/C(=O)c2ccc(OC)cc2)c2ccccc2n1Cc1ccccc1)N1CCOCC1. The van der Waals surface area contributed by atoms with Crippen molar-refractivity contribution in [2.45, 2.75) is 19.9 Å². The summed E-state index contributed by atoms with van der Waals surface area (Å²) in [6, 6.07) is 25.9. The highest BCUT2D eigenvalue weighted by Crippen LogP contribution is 2.35. The third-order valence-electron chi connectivity index (χ3n) is 6.87. The standard InChI is InChI=1S/C32H33N3O3/c1-3-31(34-19-21-38-22-20-34)33-32-28(17-18-30(36)25-13-15-26(37-2)16-14-25)27-11-7-8-12-29(27)35(32)23-24-9-5-4-6-10-24/h4-18H,3,19-23H2,1-2H3/b18-17+,33-31+. The summed E-state index contributed by atoms with van der Waals surface area (Å²) in [6.45, 7) is 5.88. The molecule has 1 saturated heterocycles. The number of para-hydroxylation sites is 1. The van der Waals surface area contributed by atoms with Crippen LogP contribution in [0.5, 0.6) is 5.75 Å². The van der Waals surface area contributed by atoms with Gasteiger partial charge in [-0.2, -0.15) is 0 Å². The van der Waals surface area contributed by atoms with E-state index in [1.807, 2.05) is 18.2 Å². The number of benzene rings is 3. The van der Waals surface area contributed by atoms with Crippen molar-refractivity contribution in [1.29, 1.82) is 0 Å². The van der Waals surface area contributed by atoms with Crippen molar-refractivity contribution in [1.82, 2.24) is 9.47 Å². The molecular weight excluding hydrogens is 474 g/mol. The minimum atomic E-state index is -0.0635. The topological polar surface area (TPSA) is 56.1 Å². The van der Waals surface area contributed by atoms with E-state index >= 15 is 0 Å². The van der Waals surface area contributed by atoms with Gasteiger partial charge in [-0.15, -0.1) is 0 Å². The zero-order valence-corrected chi connectivity index (χ0v) is 22.0. The minimum Gasteiger partial charge on any atom is -0.497 e. The molecule has 0 amide bonds. The number of carbonyl (C=O) groups excluding carboxylic acids is 1. The van der Waals surface area contributed by atoms with Crippen molar-refractivity contribution in [3.8, 4) is 5.75 Å². The average molecular weight is 508 g/mol. The number of aromatic nitrogens is 1. The van der Waals surface area contributed by atoms with Crippen LogP contribution in [0.4, 0.5) is 5.82 Å². The zero-order chi connectivity index (χ0) is 26.3. The summed E-state index contributed by atoms with van der Waals surface area (Å²) in [5.41, 5.74) is 3.84. The van der Waals surface area contributed by atoms with Crippen molar-refractivity contribution in [2.24, 2.45) is 4.99 Å². The van der Waals surface area contributed by atoms with Crippen molar-refractivity contribution in [3.63, 3.8) is 0 Å². The van der Waals surface area contributed by atoms with Crippen LogP contribution in [0.2, 0.25) is 0 Å². The number of rotatable bonds is 8. The highest BCUT2D eigenvalue weighted by molar-refractivity contribution is 6.09. The molecule has 0 saturated carbocycles. The fourth-order valence-electron chi connectivity index (χ4n) is 4.86. The Kier molecular flexibility index (Phi) is 8.00. The van der Waals surface area contributed by atoms with Crippen LogP contribution in [0.15, 0.2) is 89.9 Å². The highest BCUT2D eigenvalue weighted by Gasteiger charge is 2.19. The Labute approximate surface area is 223 Å². The first-order chi connectivity index (χ1) is 18.7. The van der Waals surface area contributed by atoms with Gasteiger partial charge >= 0.3 is 0 Å². The number of ether oxygens (including phenoxy) is 2. The van der Waals surface area contributed by atoms with Gasteiger partial charge in [0.2, 0.25) is 0 Å². The molecule has 5 rings (SSSR count). The fourth-order valence-corrected chi connectivity index (χ4v) is 4.86. The van der Waals surface area contributed by atoms with Gasteiger partial charge in [0.05, 0.1) is 25.8 Å². The third-order valence-corrected chi connectivity index (χ3v) is 6.87. The predicted molar refractivity (Wildman–Crippen MR) is 154 cm³/mol. The van der Waals surface area contributed by atoms with E-state index in [1.165, 1.54) is 5.56 Å². The van der Waals surface area contributed by atoms with E-state index in [9.17, 15) is 4.79 Å². The smallest absolute Gasteiger partial charge is 0.185 e. The Hall–Kier alpha value is -4.16. The Morgan fingerprint density at radius 1 is 0.974 bits per heavy atom. The fraction of sp³-hybridized carbons (Fsp3) is 0.250. The first-order valence-electron chi connectivity index (χ1n) is 13.1. The lowest BCUT2D eigenvalue weighted by Gasteiger charge is -2.29. The molecule has 0 radical (unpaired) electrons. The maximum absolute atomic E-state index is 13.1. The van der Waals surface area contributed by atoms with E-state index in [-0.39, 0.29) is 5.78 Å². The Bertz CT molecular complexity index is 1450. The number of aliphatic imine (C=N–C) groups is 1. The van der Waals surface area contributed by atoms with Crippen LogP contribution in [-0.4, -0.2) is 54.5 Å². The van der Waals surface area contributed by atoms with Crippen molar-refractivity contribution in [3.05, 3.63) is 102 Å². The largest absolute Gasteiger partial charge is 0.497 e. The summed E-state index contributed by atoms with van der Waals surface area (Å²) < 4.78 is 13.1. The third kappa shape index (κ3) is 5.55.